The standard InChI is InChI=1S/C31H25Cl2F3N2/c1-2-29-37-27-16-9-23(30(21-5-12-25(32)13-6-21)22-7-14-26(33)15-8-22)19-28(27)38(29)18-17-20-3-10-24(11-4-20)31(34,35)36/h3-16,19,30H,2,17-18H2,1H3. The van der Waals surface area contributed by atoms with Crippen molar-refractivity contribution in [1.29, 1.82) is 0 Å². The van der Waals surface area contributed by atoms with Crippen LogP contribution in [0, 0.1) is 0 Å². The van der Waals surface area contributed by atoms with E-state index in [4.69, 9.17) is 28.2 Å². The van der Waals surface area contributed by atoms with Gasteiger partial charge in [-0.2, -0.15) is 13.2 Å². The van der Waals surface area contributed by atoms with E-state index in [-0.39, 0.29) is 5.92 Å². The fourth-order valence-electron chi connectivity index (χ4n) is 4.88. The van der Waals surface area contributed by atoms with Crippen molar-refractivity contribution in [2.24, 2.45) is 0 Å². The SMILES string of the molecule is CCc1nc2ccc(C(c3ccc(Cl)cc3)c3ccc(Cl)cc3)cc2n1CCc1ccc(C(F)(F)F)cc1. The number of imidazole rings is 1. The molecule has 0 saturated carbocycles. The zero-order chi connectivity index (χ0) is 26.9. The van der Waals surface area contributed by atoms with Crippen LogP contribution >= 0.6 is 23.2 Å². The van der Waals surface area contributed by atoms with Crippen LogP contribution in [0.15, 0.2) is 91.0 Å². The minimum atomic E-state index is -4.34. The first kappa shape index (κ1) is 26.3. The fraction of sp³-hybridized carbons (Fsp3) is 0.194. The number of fused-ring (bicyclic) bond motifs is 1. The van der Waals surface area contributed by atoms with Crippen LogP contribution in [-0.2, 0) is 25.6 Å². The Bertz CT molecular complexity index is 1490. The molecule has 0 amide bonds. The summed E-state index contributed by atoms with van der Waals surface area (Å²) in [4.78, 5) is 4.84. The molecule has 4 aromatic carbocycles. The Balaban J connectivity index is 1.53. The van der Waals surface area contributed by atoms with Gasteiger partial charge in [0.25, 0.3) is 0 Å². The Kier molecular flexibility index (Phi) is 7.51. The quantitative estimate of drug-likeness (QED) is 0.184. The lowest BCUT2D eigenvalue weighted by Crippen LogP contribution is -2.08. The van der Waals surface area contributed by atoms with Gasteiger partial charge in [0.15, 0.2) is 0 Å². The van der Waals surface area contributed by atoms with Crippen LogP contribution in [-0.4, -0.2) is 9.55 Å². The second-order valence-electron chi connectivity index (χ2n) is 9.26. The van der Waals surface area contributed by atoms with Crippen molar-refractivity contribution in [1.82, 2.24) is 9.55 Å². The van der Waals surface area contributed by atoms with E-state index in [1.165, 1.54) is 0 Å². The lowest BCUT2D eigenvalue weighted by atomic mass is 9.85. The normalized spacial score (nSPS) is 12.0. The Hall–Kier alpha value is -3.28. The topological polar surface area (TPSA) is 17.8 Å². The van der Waals surface area contributed by atoms with E-state index in [0.29, 0.717) is 23.0 Å². The molecule has 1 aromatic heterocycles. The molecule has 194 valence electrons. The first-order valence-electron chi connectivity index (χ1n) is 12.4. The zero-order valence-corrected chi connectivity index (χ0v) is 22.2. The third-order valence-corrected chi connectivity index (χ3v) is 7.32. The van der Waals surface area contributed by atoms with Gasteiger partial charge in [-0.25, -0.2) is 4.98 Å². The second kappa shape index (κ2) is 10.8. The van der Waals surface area contributed by atoms with Crippen LogP contribution < -0.4 is 0 Å². The summed E-state index contributed by atoms with van der Waals surface area (Å²) in [6.07, 6.45) is -3.00. The molecule has 0 radical (unpaired) electrons. The maximum absolute atomic E-state index is 13.0. The third kappa shape index (κ3) is 5.59. The average molecular weight is 553 g/mol. The molecule has 0 saturated heterocycles. The minimum absolute atomic E-state index is 0.0442. The van der Waals surface area contributed by atoms with Gasteiger partial charge in [0, 0.05) is 28.9 Å². The molecule has 0 N–H and O–H groups in total. The highest BCUT2D eigenvalue weighted by molar-refractivity contribution is 6.30. The van der Waals surface area contributed by atoms with E-state index in [2.05, 4.69) is 23.6 Å². The summed E-state index contributed by atoms with van der Waals surface area (Å²) in [5.41, 5.74) is 5.40. The number of benzene rings is 4. The first-order chi connectivity index (χ1) is 18.2. The van der Waals surface area contributed by atoms with Crippen molar-refractivity contribution in [3.05, 3.63) is 135 Å². The summed E-state index contributed by atoms with van der Waals surface area (Å²) in [7, 11) is 0. The fourth-order valence-corrected chi connectivity index (χ4v) is 5.13. The van der Waals surface area contributed by atoms with Crippen molar-refractivity contribution in [2.75, 3.05) is 0 Å². The Morgan fingerprint density at radius 1 is 0.763 bits per heavy atom. The van der Waals surface area contributed by atoms with Crippen LogP contribution in [0.1, 0.15) is 46.5 Å². The highest BCUT2D eigenvalue weighted by Gasteiger charge is 2.30. The van der Waals surface area contributed by atoms with Gasteiger partial charge in [-0.3, -0.25) is 0 Å². The molecule has 0 spiro atoms. The summed E-state index contributed by atoms with van der Waals surface area (Å²) in [5.74, 6) is 0.899. The van der Waals surface area contributed by atoms with E-state index >= 15 is 0 Å². The van der Waals surface area contributed by atoms with Crippen molar-refractivity contribution < 1.29 is 13.2 Å². The minimum Gasteiger partial charge on any atom is -0.328 e. The molecule has 0 fully saturated rings. The third-order valence-electron chi connectivity index (χ3n) is 6.81. The van der Waals surface area contributed by atoms with Crippen molar-refractivity contribution in [3.63, 3.8) is 0 Å². The number of rotatable bonds is 7. The van der Waals surface area contributed by atoms with E-state index in [1.54, 1.807) is 12.1 Å². The number of alkyl halides is 3. The van der Waals surface area contributed by atoms with E-state index in [0.717, 1.165) is 57.7 Å². The Morgan fingerprint density at radius 3 is 1.84 bits per heavy atom. The van der Waals surface area contributed by atoms with Crippen LogP contribution in [0.3, 0.4) is 0 Å². The predicted molar refractivity (Wildman–Crippen MR) is 148 cm³/mol. The molecule has 0 aliphatic carbocycles. The number of aromatic nitrogens is 2. The van der Waals surface area contributed by atoms with Gasteiger partial charge in [0.05, 0.1) is 16.6 Å². The molecule has 38 heavy (non-hydrogen) atoms. The molecule has 5 aromatic rings. The van der Waals surface area contributed by atoms with E-state index < -0.39 is 11.7 Å². The molecular weight excluding hydrogens is 528 g/mol. The molecule has 0 unspecified atom stereocenters. The summed E-state index contributed by atoms with van der Waals surface area (Å²) >= 11 is 12.4. The number of aryl methyl sites for hydroxylation is 3. The van der Waals surface area contributed by atoms with E-state index in [9.17, 15) is 13.2 Å². The van der Waals surface area contributed by atoms with E-state index in [1.807, 2.05) is 54.6 Å². The largest absolute Gasteiger partial charge is 0.416 e. The first-order valence-corrected chi connectivity index (χ1v) is 13.1. The highest BCUT2D eigenvalue weighted by Crippen LogP contribution is 2.35. The molecule has 0 aliphatic heterocycles. The number of hydrogen-bond acceptors (Lipinski definition) is 1. The van der Waals surface area contributed by atoms with Gasteiger partial charge in [-0.15, -0.1) is 0 Å². The lowest BCUT2D eigenvalue weighted by molar-refractivity contribution is -0.137. The number of halogens is 5. The van der Waals surface area contributed by atoms with Gasteiger partial charge in [0.1, 0.15) is 5.82 Å². The average Bonchev–Trinajstić information content (AvgIpc) is 3.26. The maximum atomic E-state index is 13.0. The summed E-state index contributed by atoms with van der Waals surface area (Å²) in [5, 5.41) is 1.35. The smallest absolute Gasteiger partial charge is 0.328 e. The van der Waals surface area contributed by atoms with Gasteiger partial charge in [0.2, 0.25) is 0 Å². The molecule has 1 heterocycles. The Labute approximate surface area is 229 Å². The number of hydrogen-bond donors (Lipinski definition) is 0. The van der Waals surface area contributed by atoms with Crippen LogP contribution in [0.25, 0.3) is 11.0 Å². The summed E-state index contributed by atoms with van der Waals surface area (Å²) in [6, 6.07) is 27.4. The van der Waals surface area contributed by atoms with Crippen LogP contribution in [0.5, 0.6) is 0 Å². The van der Waals surface area contributed by atoms with Crippen LogP contribution in [0.4, 0.5) is 13.2 Å². The number of nitrogens with zero attached hydrogens (tertiary/aromatic N) is 2. The molecule has 0 aliphatic rings. The molecule has 0 atom stereocenters. The molecule has 7 heteroatoms. The highest BCUT2D eigenvalue weighted by atomic mass is 35.5. The summed E-state index contributed by atoms with van der Waals surface area (Å²) in [6.45, 7) is 2.67. The van der Waals surface area contributed by atoms with Crippen molar-refractivity contribution in [2.45, 2.75) is 38.4 Å². The second-order valence-corrected chi connectivity index (χ2v) is 10.1. The van der Waals surface area contributed by atoms with Gasteiger partial charge in [-0.1, -0.05) is 72.6 Å². The van der Waals surface area contributed by atoms with Gasteiger partial charge >= 0.3 is 6.18 Å². The van der Waals surface area contributed by atoms with Crippen molar-refractivity contribution >= 4 is 34.2 Å². The zero-order valence-electron chi connectivity index (χ0n) is 20.6. The maximum Gasteiger partial charge on any atom is 0.416 e. The Morgan fingerprint density at radius 2 is 1.32 bits per heavy atom. The van der Waals surface area contributed by atoms with Crippen molar-refractivity contribution in [3.8, 4) is 0 Å². The molecule has 5 rings (SSSR count). The van der Waals surface area contributed by atoms with Gasteiger partial charge < -0.3 is 4.57 Å². The summed E-state index contributed by atoms with van der Waals surface area (Å²) < 4.78 is 41.1. The van der Waals surface area contributed by atoms with Gasteiger partial charge in [-0.05, 0) is 77.2 Å². The lowest BCUT2D eigenvalue weighted by Gasteiger charge is -2.20. The predicted octanol–water partition coefficient (Wildman–Crippen LogP) is 9.35. The molecule has 2 nitrogen and oxygen atoms in total. The van der Waals surface area contributed by atoms with Crippen LogP contribution in [0.2, 0.25) is 10.0 Å². The monoisotopic (exact) mass is 552 g/mol. The molecular formula is C31H25Cl2F3N2. The molecule has 0 bridgehead atoms.